The second-order valence-corrected chi connectivity index (χ2v) is 5.35. The van der Waals surface area contributed by atoms with E-state index in [1.165, 1.54) is 22.3 Å². The van der Waals surface area contributed by atoms with Crippen LogP contribution in [0.4, 0.5) is 5.69 Å². The second-order valence-electron chi connectivity index (χ2n) is 4.91. The van der Waals surface area contributed by atoms with Crippen molar-refractivity contribution in [2.45, 2.75) is 13.0 Å². The van der Waals surface area contributed by atoms with Gasteiger partial charge in [0.1, 0.15) is 0 Å². The Hall–Kier alpha value is -1.94. The summed E-state index contributed by atoms with van der Waals surface area (Å²) in [6.07, 6.45) is 4.87. The molecule has 96 valence electrons. The lowest BCUT2D eigenvalue weighted by Crippen LogP contribution is -2.30. The van der Waals surface area contributed by atoms with Crippen LogP contribution >= 0.6 is 11.6 Å². The van der Waals surface area contributed by atoms with Gasteiger partial charge in [-0.2, -0.15) is 5.10 Å². The summed E-state index contributed by atoms with van der Waals surface area (Å²) in [5.41, 5.74) is 4.80. The molecule has 0 atom stereocenters. The number of nitrogens with one attached hydrogen (secondary N) is 2. The van der Waals surface area contributed by atoms with Crippen molar-refractivity contribution in [2.75, 3.05) is 11.4 Å². The molecule has 0 spiro atoms. The van der Waals surface area contributed by atoms with Gasteiger partial charge in [-0.3, -0.25) is 5.10 Å². The quantitative estimate of drug-likeness (QED) is 0.715. The van der Waals surface area contributed by atoms with E-state index in [4.69, 9.17) is 11.6 Å². The molecule has 19 heavy (non-hydrogen) atoms. The van der Waals surface area contributed by atoms with Crippen molar-refractivity contribution in [3.8, 4) is 0 Å². The van der Waals surface area contributed by atoms with Gasteiger partial charge >= 0.3 is 0 Å². The zero-order valence-corrected chi connectivity index (χ0v) is 11.0. The molecule has 2 N–H and O–H groups in total. The van der Waals surface area contributed by atoms with Crippen LogP contribution in [0, 0.1) is 0 Å². The van der Waals surface area contributed by atoms with Crippen LogP contribution in [0.5, 0.6) is 0 Å². The van der Waals surface area contributed by atoms with Crippen LogP contribution in [-0.2, 0) is 13.0 Å². The Labute approximate surface area is 115 Å². The van der Waals surface area contributed by atoms with Gasteiger partial charge in [0.2, 0.25) is 0 Å². The summed E-state index contributed by atoms with van der Waals surface area (Å²) in [5, 5.41) is 9.17. The fraction of sp³-hybridized carbons (Fsp3) is 0.214. The standard InChI is InChI=1S/C14H13ClN4/c15-10-5-13-11(1-3-16-13)14(6-10)19-4-2-12-9(8-19)7-17-18-12/h1,3,5-7,16H,2,4,8H2,(H,17,18). The fourth-order valence-corrected chi connectivity index (χ4v) is 3.01. The number of hydrogen-bond donors (Lipinski definition) is 2. The smallest absolute Gasteiger partial charge is 0.0540 e. The number of nitrogens with zero attached hydrogens (tertiary/aromatic N) is 2. The Balaban J connectivity index is 1.81. The third-order valence-electron chi connectivity index (χ3n) is 3.75. The van der Waals surface area contributed by atoms with Gasteiger partial charge < -0.3 is 9.88 Å². The van der Waals surface area contributed by atoms with Gasteiger partial charge in [-0.1, -0.05) is 11.6 Å². The molecule has 0 saturated carbocycles. The van der Waals surface area contributed by atoms with E-state index in [2.05, 4.69) is 26.1 Å². The maximum atomic E-state index is 6.21. The Bertz CT molecular complexity index is 743. The lowest BCUT2D eigenvalue weighted by molar-refractivity contribution is 0.723. The molecule has 2 aromatic heterocycles. The SMILES string of the molecule is Clc1cc(N2CCc3[nH]ncc3C2)c2cc[nH]c2c1. The van der Waals surface area contributed by atoms with Crippen LogP contribution in [0.2, 0.25) is 5.02 Å². The van der Waals surface area contributed by atoms with E-state index in [0.29, 0.717) is 0 Å². The van der Waals surface area contributed by atoms with Crippen LogP contribution in [0.3, 0.4) is 0 Å². The lowest BCUT2D eigenvalue weighted by atomic mass is 10.1. The molecule has 3 heterocycles. The van der Waals surface area contributed by atoms with E-state index in [1.54, 1.807) is 0 Å². The third kappa shape index (κ3) is 1.71. The number of rotatable bonds is 1. The van der Waals surface area contributed by atoms with E-state index in [0.717, 1.165) is 30.0 Å². The normalized spacial score (nSPS) is 14.9. The topological polar surface area (TPSA) is 47.7 Å². The molecule has 0 fully saturated rings. The highest BCUT2D eigenvalue weighted by atomic mass is 35.5. The molecule has 0 radical (unpaired) electrons. The molecule has 3 aromatic rings. The molecule has 0 unspecified atom stereocenters. The Kier molecular flexibility index (Phi) is 2.32. The predicted octanol–water partition coefficient (Wildman–Crippen LogP) is 3.11. The molecule has 4 rings (SSSR count). The van der Waals surface area contributed by atoms with E-state index in [-0.39, 0.29) is 0 Å². The molecule has 0 saturated heterocycles. The molecule has 0 aliphatic carbocycles. The Morgan fingerprint density at radius 1 is 1.32 bits per heavy atom. The first-order valence-corrected chi connectivity index (χ1v) is 6.72. The highest BCUT2D eigenvalue weighted by Crippen LogP contribution is 2.33. The van der Waals surface area contributed by atoms with Crippen molar-refractivity contribution in [1.82, 2.24) is 15.2 Å². The first-order chi connectivity index (χ1) is 9.31. The molecule has 0 bridgehead atoms. The number of fused-ring (bicyclic) bond motifs is 2. The number of aromatic nitrogens is 3. The highest BCUT2D eigenvalue weighted by Gasteiger charge is 2.20. The molecule has 1 aromatic carbocycles. The minimum Gasteiger partial charge on any atom is -0.366 e. The molecule has 0 amide bonds. The fourth-order valence-electron chi connectivity index (χ4n) is 2.80. The van der Waals surface area contributed by atoms with Crippen LogP contribution in [-0.4, -0.2) is 21.7 Å². The Morgan fingerprint density at radius 2 is 2.26 bits per heavy atom. The summed E-state index contributed by atoms with van der Waals surface area (Å²) in [6, 6.07) is 6.11. The molecule has 5 heteroatoms. The largest absolute Gasteiger partial charge is 0.366 e. The number of benzene rings is 1. The minimum absolute atomic E-state index is 0.767. The van der Waals surface area contributed by atoms with Crippen molar-refractivity contribution in [3.63, 3.8) is 0 Å². The average Bonchev–Trinajstić information content (AvgIpc) is 3.04. The highest BCUT2D eigenvalue weighted by molar-refractivity contribution is 6.31. The maximum Gasteiger partial charge on any atom is 0.0540 e. The van der Waals surface area contributed by atoms with Crippen molar-refractivity contribution in [1.29, 1.82) is 0 Å². The van der Waals surface area contributed by atoms with E-state index < -0.39 is 0 Å². The number of H-pyrrole nitrogens is 2. The zero-order valence-electron chi connectivity index (χ0n) is 10.3. The number of halogens is 1. The Morgan fingerprint density at radius 3 is 3.21 bits per heavy atom. The van der Waals surface area contributed by atoms with Crippen LogP contribution in [0.1, 0.15) is 11.3 Å². The third-order valence-corrected chi connectivity index (χ3v) is 3.97. The van der Waals surface area contributed by atoms with Gasteiger partial charge in [0, 0.05) is 58.6 Å². The van der Waals surface area contributed by atoms with Gasteiger partial charge in [0.25, 0.3) is 0 Å². The second kappa shape index (κ2) is 4.03. The maximum absolute atomic E-state index is 6.21. The number of hydrogen-bond acceptors (Lipinski definition) is 2. The first-order valence-electron chi connectivity index (χ1n) is 6.34. The van der Waals surface area contributed by atoms with Crippen LogP contribution in [0.25, 0.3) is 10.9 Å². The zero-order chi connectivity index (χ0) is 12.8. The van der Waals surface area contributed by atoms with Gasteiger partial charge in [-0.15, -0.1) is 0 Å². The number of anilines is 1. The molecule has 1 aliphatic rings. The number of aromatic amines is 2. The summed E-state index contributed by atoms with van der Waals surface area (Å²) in [4.78, 5) is 5.59. The predicted molar refractivity (Wildman–Crippen MR) is 76.7 cm³/mol. The van der Waals surface area contributed by atoms with Crippen molar-refractivity contribution in [2.24, 2.45) is 0 Å². The van der Waals surface area contributed by atoms with Crippen LogP contribution in [0.15, 0.2) is 30.6 Å². The monoisotopic (exact) mass is 272 g/mol. The summed E-state index contributed by atoms with van der Waals surface area (Å²) >= 11 is 6.21. The molecular formula is C14H13ClN4. The minimum atomic E-state index is 0.767. The van der Waals surface area contributed by atoms with Crippen molar-refractivity contribution in [3.05, 3.63) is 46.9 Å². The average molecular weight is 273 g/mol. The van der Waals surface area contributed by atoms with Gasteiger partial charge in [0.05, 0.1) is 6.20 Å². The summed E-state index contributed by atoms with van der Waals surface area (Å²) < 4.78 is 0. The van der Waals surface area contributed by atoms with Crippen molar-refractivity contribution < 1.29 is 0 Å². The van der Waals surface area contributed by atoms with E-state index >= 15 is 0 Å². The molecule has 4 nitrogen and oxygen atoms in total. The molecular weight excluding hydrogens is 260 g/mol. The van der Waals surface area contributed by atoms with Gasteiger partial charge in [0.15, 0.2) is 0 Å². The van der Waals surface area contributed by atoms with E-state index in [1.807, 2.05) is 24.5 Å². The van der Waals surface area contributed by atoms with E-state index in [9.17, 15) is 0 Å². The first kappa shape index (κ1) is 10.9. The summed E-state index contributed by atoms with van der Waals surface area (Å²) in [6.45, 7) is 1.86. The molecule has 1 aliphatic heterocycles. The lowest BCUT2D eigenvalue weighted by Gasteiger charge is -2.29. The summed E-state index contributed by atoms with van der Waals surface area (Å²) in [7, 11) is 0. The van der Waals surface area contributed by atoms with Crippen LogP contribution < -0.4 is 4.90 Å². The van der Waals surface area contributed by atoms with Crippen molar-refractivity contribution >= 4 is 28.2 Å². The van der Waals surface area contributed by atoms with Gasteiger partial charge in [-0.25, -0.2) is 0 Å². The summed E-state index contributed by atoms with van der Waals surface area (Å²) in [5.74, 6) is 0. The van der Waals surface area contributed by atoms with Gasteiger partial charge in [-0.05, 0) is 18.2 Å².